The molecule has 6 nitrogen and oxygen atoms in total. The van der Waals surface area contributed by atoms with Crippen LogP contribution in [0.5, 0.6) is 0 Å². The van der Waals surface area contributed by atoms with Crippen LogP contribution in [0.4, 0.5) is 11.4 Å². The third-order valence-corrected chi connectivity index (χ3v) is 3.46. The van der Waals surface area contributed by atoms with E-state index >= 15 is 0 Å². The highest BCUT2D eigenvalue weighted by atomic mass is 35.5. The van der Waals surface area contributed by atoms with Gasteiger partial charge in [-0.15, -0.1) is 0 Å². The molecule has 0 fully saturated rings. The maximum absolute atomic E-state index is 12.1. The van der Waals surface area contributed by atoms with E-state index in [1.807, 2.05) is 0 Å². The molecule has 2 aromatic carbocycles. The molecule has 0 bridgehead atoms. The van der Waals surface area contributed by atoms with Gasteiger partial charge in [-0.25, -0.2) is 0 Å². The van der Waals surface area contributed by atoms with Gasteiger partial charge in [0.1, 0.15) is 11.6 Å². The third kappa shape index (κ3) is 4.18. The second-order valence-electron chi connectivity index (χ2n) is 4.93. The van der Waals surface area contributed by atoms with E-state index in [4.69, 9.17) is 11.6 Å². The summed E-state index contributed by atoms with van der Waals surface area (Å²) in [7, 11) is 0. The fourth-order valence-electron chi connectivity index (χ4n) is 1.96. The van der Waals surface area contributed by atoms with Crippen LogP contribution in [0.25, 0.3) is 6.08 Å². The van der Waals surface area contributed by atoms with Crippen molar-refractivity contribution >= 4 is 35.0 Å². The van der Waals surface area contributed by atoms with Gasteiger partial charge in [0, 0.05) is 22.3 Å². The first-order valence-corrected chi connectivity index (χ1v) is 7.22. The van der Waals surface area contributed by atoms with Crippen LogP contribution in [0.2, 0.25) is 5.02 Å². The highest BCUT2D eigenvalue weighted by Crippen LogP contribution is 2.21. The van der Waals surface area contributed by atoms with E-state index in [0.29, 0.717) is 21.8 Å². The summed E-state index contributed by atoms with van der Waals surface area (Å²) in [5, 5.41) is 23.2. The van der Waals surface area contributed by atoms with E-state index in [1.54, 1.807) is 49.4 Å². The number of nitrogens with zero attached hydrogens (tertiary/aromatic N) is 2. The van der Waals surface area contributed by atoms with Gasteiger partial charge in [-0.05, 0) is 42.8 Å². The van der Waals surface area contributed by atoms with Gasteiger partial charge in [0.05, 0.1) is 4.92 Å². The first-order valence-electron chi connectivity index (χ1n) is 6.84. The van der Waals surface area contributed by atoms with Crippen molar-refractivity contribution in [3.63, 3.8) is 0 Å². The molecule has 0 aliphatic heterocycles. The molecule has 0 unspecified atom stereocenters. The van der Waals surface area contributed by atoms with Crippen LogP contribution in [-0.4, -0.2) is 10.8 Å². The molecule has 120 valence electrons. The molecule has 0 aliphatic rings. The number of nitriles is 1. The molecule has 0 radical (unpaired) electrons. The minimum absolute atomic E-state index is 0.0702. The molecule has 2 rings (SSSR count). The van der Waals surface area contributed by atoms with Crippen molar-refractivity contribution in [1.29, 1.82) is 5.26 Å². The van der Waals surface area contributed by atoms with Crippen LogP contribution >= 0.6 is 11.6 Å². The van der Waals surface area contributed by atoms with E-state index in [0.717, 1.165) is 0 Å². The number of hydrogen-bond acceptors (Lipinski definition) is 4. The highest BCUT2D eigenvalue weighted by molar-refractivity contribution is 6.30. The molecule has 24 heavy (non-hydrogen) atoms. The second-order valence-corrected chi connectivity index (χ2v) is 5.37. The molecule has 2 aromatic rings. The Labute approximate surface area is 143 Å². The van der Waals surface area contributed by atoms with Crippen LogP contribution in [-0.2, 0) is 4.79 Å². The fourth-order valence-corrected chi connectivity index (χ4v) is 2.09. The van der Waals surface area contributed by atoms with Crippen LogP contribution in [0, 0.1) is 28.4 Å². The van der Waals surface area contributed by atoms with Gasteiger partial charge >= 0.3 is 0 Å². The number of carbonyl (C=O) groups is 1. The van der Waals surface area contributed by atoms with Crippen LogP contribution < -0.4 is 5.32 Å². The van der Waals surface area contributed by atoms with Gasteiger partial charge in [0.2, 0.25) is 0 Å². The lowest BCUT2D eigenvalue weighted by Crippen LogP contribution is -2.13. The Hall–Kier alpha value is -3.17. The van der Waals surface area contributed by atoms with E-state index in [9.17, 15) is 20.2 Å². The van der Waals surface area contributed by atoms with E-state index in [2.05, 4.69) is 5.32 Å². The van der Waals surface area contributed by atoms with E-state index < -0.39 is 10.8 Å². The highest BCUT2D eigenvalue weighted by Gasteiger charge is 2.13. The molecule has 0 atom stereocenters. The van der Waals surface area contributed by atoms with Gasteiger partial charge in [-0.2, -0.15) is 5.26 Å². The zero-order chi connectivity index (χ0) is 17.7. The number of hydrogen-bond donors (Lipinski definition) is 1. The second kappa shape index (κ2) is 7.40. The maximum Gasteiger partial charge on any atom is 0.272 e. The molecule has 0 heterocycles. The first-order chi connectivity index (χ1) is 11.4. The number of carbonyl (C=O) groups excluding carboxylic acids is 1. The summed E-state index contributed by atoms with van der Waals surface area (Å²) in [4.78, 5) is 22.6. The minimum Gasteiger partial charge on any atom is -0.321 e. The number of nitrogens with one attached hydrogen (secondary N) is 1. The van der Waals surface area contributed by atoms with Crippen molar-refractivity contribution in [2.24, 2.45) is 0 Å². The number of nitro benzene ring substituents is 1. The zero-order valence-electron chi connectivity index (χ0n) is 12.6. The van der Waals surface area contributed by atoms with Crippen molar-refractivity contribution in [2.45, 2.75) is 6.92 Å². The van der Waals surface area contributed by atoms with Gasteiger partial charge in [0.25, 0.3) is 11.6 Å². The molecule has 0 saturated heterocycles. The minimum atomic E-state index is -0.608. The Kier molecular flexibility index (Phi) is 5.30. The topological polar surface area (TPSA) is 96.0 Å². The third-order valence-electron chi connectivity index (χ3n) is 3.21. The number of halogens is 1. The van der Waals surface area contributed by atoms with Crippen LogP contribution in [0.3, 0.4) is 0 Å². The number of nitro groups is 1. The number of amides is 1. The zero-order valence-corrected chi connectivity index (χ0v) is 13.4. The Morgan fingerprint density at radius 1 is 1.29 bits per heavy atom. The predicted octanol–water partition coefficient (Wildman–Crippen LogP) is 4.10. The molecule has 1 N–H and O–H groups in total. The Bertz CT molecular complexity index is 868. The summed E-state index contributed by atoms with van der Waals surface area (Å²) in [6, 6.07) is 12.7. The number of benzene rings is 2. The van der Waals surface area contributed by atoms with Crippen LogP contribution in [0.1, 0.15) is 11.1 Å². The molecule has 0 spiro atoms. The average molecular weight is 342 g/mol. The lowest BCUT2D eigenvalue weighted by atomic mass is 10.1. The fraction of sp³-hybridized carbons (Fsp3) is 0.0588. The SMILES string of the molecule is Cc1ccc(/C=C(\C#N)C(=O)Nc2ccc(Cl)cc2)cc1[N+](=O)[O-]. The molecule has 0 aliphatic carbocycles. The van der Waals surface area contributed by atoms with Crippen molar-refractivity contribution < 1.29 is 9.72 Å². The average Bonchev–Trinajstić information content (AvgIpc) is 2.55. The summed E-state index contributed by atoms with van der Waals surface area (Å²) >= 11 is 5.77. The number of rotatable bonds is 4. The summed E-state index contributed by atoms with van der Waals surface area (Å²) in [6.07, 6.45) is 1.30. The molecular formula is C17H12ClN3O3. The summed E-state index contributed by atoms with van der Waals surface area (Å²) in [6.45, 7) is 1.62. The maximum atomic E-state index is 12.1. The molecule has 7 heteroatoms. The van der Waals surface area contributed by atoms with E-state index in [-0.39, 0.29) is 11.3 Å². The van der Waals surface area contributed by atoms with Crippen molar-refractivity contribution in [2.75, 3.05) is 5.32 Å². The van der Waals surface area contributed by atoms with Crippen molar-refractivity contribution in [1.82, 2.24) is 0 Å². The van der Waals surface area contributed by atoms with Crippen molar-refractivity contribution in [3.05, 3.63) is 74.3 Å². The molecule has 1 amide bonds. The lowest BCUT2D eigenvalue weighted by molar-refractivity contribution is -0.385. The van der Waals surface area contributed by atoms with Gasteiger partial charge in [-0.1, -0.05) is 23.7 Å². The summed E-state index contributed by atoms with van der Waals surface area (Å²) in [5.74, 6) is -0.608. The Balaban J connectivity index is 2.27. The largest absolute Gasteiger partial charge is 0.321 e. The first kappa shape index (κ1) is 17.2. The Morgan fingerprint density at radius 2 is 1.96 bits per heavy atom. The quantitative estimate of drug-likeness (QED) is 0.392. The monoisotopic (exact) mass is 341 g/mol. The molecule has 0 aromatic heterocycles. The normalized spacial score (nSPS) is 10.8. The smallest absolute Gasteiger partial charge is 0.272 e. The Morgan fingerprint density at radius 3 is 2.54 bits per heavy atom. The molecular weight excluding hydrogens is 330 g/mol. The van der Waals surface area contributed by atoms with Gasteiger partial charge < -0.3 is 5.32 Å². The van der Waals surface area contributed by atoms with Gasteiger partial charge in [-0.3, -0.25) is 14.9 Å². The predicted molar refractivity (Wildman–Crippen MR) is 91.5 cm³/mol. The lowest BCUT2D eigenvalue weighted by Gasteiger charge is -2.04. The number of aryl methyl sites for hydroxylation is 1. The van der Waals surface area contributed by atoms with E-state index in [1.165, 1.54) is 12.1 Å². The van der Waals surface area contributed by atoms with Gasteiger partial charge in [0.15, 0.2) is 0 Å². The number of anilines is 1. The summed E-state index contributed by atoms with van der Waals surface area (Å²) < 4.78 is 0. The van der Waals surface area contributed by atoms with Crippen LogP contribution in [0.15, 0.2) is 48.0 Å². The van der Waals surface area contributed by atoms with Crippen molar-refractivity contribution in [3.8, 4) is 6.07 Å². The molecule has 0 saturated carbocycles. The standard InChI is InChI=1S/C17H12ClN3O3/c1-11-2-3-12(9-16(11)21(23)24)8-13(10-19)17(22)20-15-6-4-14(18)5-7-15/h2-9H,1H3,(H,20,22)/b13-8+. The summed E-state index contributed by atoms with van der Waals surface area (Å²) in [5.41, 5.74) is 1.15.